The van der Waals surface area contributed by atoms with E-state index >= 15 is 0 Å². The molecular formula is C25H26O3. The van der Waals surface area contributed by atoms with Gasteiger partial charge in [0.15, 0.2) is 0 Å². The van der Waals surface area contributed by atoms with Crippen LogP contribution in [0.3, 0.4) is 0 Å². The van der Waals surface area contributed by atoms with Gasteiger partial charge in [0, 0.05) is 6.42 Å². The largest absolute Gasteiger partial charge is 0.507 e. The van der Waals surface area contributed by atoms with Gasteiger partial charge >= 0.3 is 5.97 Å². The van der Waals surface area contributed by atoms with E-state index in [9.17, 15) is 15.0 Å². The van der Waals surface area contributed by atoms with Gasteiger partial charge in [-0.25, -0.2) is 4.79 Å². The van der Waals surface area contributed by atoms with Crippen LogP contribution in [0.5, 0.6) is 5.75 Å². The number of aryl methyl sites for hydroxylation is 4. The third-order valence-electron chi connectivity index (χ3n) is 5.26. The number of phenols is 1. The molecule has 0 unspecified atom stereocenters. The average molecular weight is 374 g/mol. The summed E-state index contributed by atoms with van der Waals surface area (Å²) in [6.45, 7) is 8.17. The smallest absolute Gasteiger partial charge is 0.339 e. The van der Waals surface area contributed by atoms with Crippen molar-refractivity contribution in [1.29, 1.82) is 0 Å². The summed E-state index contributed by atoms with van der Waals surface area (Å²) in [5, 5.41) is 20.2. The molecule has 28 heavy (non-hydrogen) atoms. The highest BCUT2D eigenvalue weighted by Gasteiger charge is 2.17. The van der Waals surface area contributed by atoms with Crippen LogP contribution in [0, 0.1) is 27.7 Å². The Morgan fingerprint density at radius 3 is 1.82 bits per heavy atom. The molecule has 0 aliphatic carbocycles. The minimum Gasteiger partial charge on any atom is -0.507 e. The molecule has 2 N–H and O–H groups in total. The first-order valence-electron chi connectivity index (χ1n) is 9.45. The minimum atomic E-state index is -1.11. The van der Waals surface area contributed by atoms with Crippen molar-refractivity contribution in [3.8, 4) is 5.75 Å². The van der Waals surface area contributed by atoms with Gasteiger partial charge in [0.2, 0.25) is 0 Å². The van der Waals surface area contributed by atoms with Crippen LogP contribution in [0.1, 0.15) is 54.9 Å². The molecule has 0 aliphatic heterocycles. The molecule has 3 aromatic carbocycles. The number of carboxylic acids is 1. The highest BCUT2D eigenvalue weighted by Crippen LogP contribution is 2.30. The molecule has 0 amide bonds. The lowest BCUT2D eigenvalue weighted by Gasteiger charge is -2.14. The number of carbonyl (C=O) groups is 1. The summed E-state index contributed by atoms with van der Waals surface area (Å²) < 4.78 is 0. The van der Waals surface area contributed by atoms with Gasteiger partial charge in [-0.1, -0.05) is 53.6 Å². The molecule has 3 aromatic rings. The molecule has 0 aromatic heterocycles. The van der Waals surface area contributed by atoms with Gasteiger partial charge in [-0.2, -0.15) is 0 Å². The van der Waals surface area contributed by atoms with Crippen LogP contribution in [0.2, 0.25) is 0 Å². The zero-order valence-electron chi connectivity index (χ0n) is 16.8. The molecule has 3 rings (SSSR count). The molecule has 3 nitrogen and oxygen atoms in total. The molecule has 0 bridgehead atoms. The van der Waals surface area contributed by atoms with Gasteiger partial charge in [0.1, 0.15) is 11.3 Å². The first-order chi connectivity index (χ1) is 13.2. The maximum Gasteiger partial charge on any atom is 0.339 e. The van der Waals surface area contributed by atoms with E-state index in [0.29, 0.717) is 18.4 Å². The highest BCUT2D eigenvalue weighted by atomic mass is 16.4. The number of benzene rings is 3. The summed E-state index contributed by atoms with van der Waals surface area (Å²) in [7, 11) is 0. The Morgan fingerprint density at radius 1 is 0.750 bits per heavy atom. The van der Waals surface area contributed by atoms with E-state index in [1.54, 1.807) is 6.07 Å². The summed E-state index contributed by atoms with van der Waals surface area (Å²) in [4.78, 5) is 11.7. The van der Waals surface area contributed by atoms with Gasteiger partial charge in [-0.3, -0.25) is 0 Å². The molecule has 0 saturated carbocycles. The quantitative estimate of drug-likeness (QED) is 0.619. The van der Waals surface area contributed by atoms with Crippen LogP contribution in [0.25, 0.3) is 0 Å². The normalized spacial score (nSPS) is 10.9. The summed E-state index contributed by atoms with van der Waals surface area (Å²) in [5.41, 5.74) is 8.38. The highest BCUT2D eigenvalue weighted by molar-refractivity contribution is 5.91. The molecule has 0 spiro atoms. The van der Waals surface area contributed by atoms with Crippen molar-refractivity contribution < 1.29 is 15.0 Å². The van der Waals surface area contributed by atoms with Crippen LogP contribution in [-0.4, -0.2) is 16.2 Å². The Bertz CT molecular complexity index is 1050. The first kappa shape index (κ1) is 19.7. The molecule has 0 radical (unpaired) electrons. The lowest BCUT2D eigenvalue weighted by molar-refractivity contribution is 0.0693. The maximum atomic E-state index is 11.7. The minimum absolute atomic E-state index is 0.0388. The molecule has 0 fully saturated rings. The molecule has 0 atom stereocenters. The van der Waals surface area contributed by atoms with Crippen molar-refractivity contribution in [3.05, 3.63) is 98.6 Å². The summed E-state index contributed by atoms with van der Waals surface area (Å²) in [6, 6.07) is 16.0. The molecule has 3 heteroatoms. The molecule has 0 aliphatic rings. The maximum absolute atomic E-state index is 11.7. The van der Waals surface area contributed by atoms with Crippen LogP contribution in [-0.2, 0) is 12.8 Å². The van der Waals surface area contributed by atoms with Gasteiger partial charge in [-0.15, -0.1) is 0 Å². The number of rotatable bonds is 5. The monoisotopic (exact) mass is 374 g/mol. The fraction of sp³-hybridized carbons (Fsp3) is 0.240. The van der Waals surface area contributed by atoms with Crippen LogP contribution in [0.15, 0.2) is 48.5 Å². The van der Waals surface area contributed by atoms with Crippen molar-refractivity contribution in [2.75, 3.05) is 0 Å². The number of carboxylic acid groups (broad SMARTS) is 1. The first-order valence-corrected chi connectivity index (χ1v) is 9.45. The SMILES string of the molecule is Cc1ccc(C)c(Cc2cc(Cc3cc(C)ccc3C)c(O)c(C(=O)O)c2)c1. The molecular weight excluding hydrogens is 348 g/mol. The Hall–Kier alpha value is -3.07. The van der Waals surface area contributed by atoms with Crippen molar-refractivity contribution in [2.45, 2.75) is 40.5 Å². The van der Waals surface area contributed by atoms with E-state index in [4.69, 9.17) is 0 Å². The van der Waals surface area contributed by atoms with Gasteiger partial charge in [0.25, 0.3) is 0 Å². The Kier molecular flexibility index (Phi) is 5.55. The number of hydrogen-bond donors (Lipinski definition) is 2. The predicted octanol–water partition coefficient (Wildman–Crippen LogP) is 5.51. The van der Waals surface area contributed by atoms with Gasteiger partial charge in [-0.05, 0) is 73.6 Å². The summed E-state index contributed by atoms with van der Waals surface area (Å²) in [5.74, 6) is -1.25. The van der Waals surface area contributed by atoms with E-state index in [2.05, 4.69) is 43.3 Å². The van der Waals surface area contributed by atoms with E-state index < -0.39 is 5.97 Å². The molecule has 0 saturated heterocycles. The standard InChI is InChI=1S/C25H26O3/c1-15-5-7-17(3)20(9-15)11-19-12-22(24(26)23(13-19)25(27)28)14-21-10-16(2)6-8-18(21)4/h5-10,12-13,26H,11,14H2,1-4H3,(H,27,28). The Labute approximate surface area is 166 Å². The number of aromatic hydroxyl groups is 1. The van der Waals surface area contributed by atoms with Crippen molar-refractivity contribution in [3.63, 3.8) is 0 Å². The fourth-order valence-corrected chi connectivity index (χ4v) is 3.57. The number of hydrogen-bond acceptors (Lipinski definition) is 2. The summed E-state index contributed by atoms with van der Waals surface area (Å²) >= 11 is 0. The lowest BCUT2D eigenvalue weighted by atomic mass is 9.92. The number of aromatic carboxylic acids is 1. The Balaban J connectivity index is 2.06. The third-order valence-corrected chi connectivity index (χ3v) is 5.26. The molecule has 144 valence electrons. The lowest BCUT2D eigenvalue weighted by Crippen LogP contribution is -2.04. The van der Waals surface area contributed by atoms with Crippen molar-refractivity contribution in [1.82, 2.24) is 0 Å². The van der Waals surface area contributed by atoms with E-state index in [1.165, 1.54) is 16.7 Å². The fourth-order valence-electron chi connectivity index (χ4n) is 3.57. The van der Waals surface area contributed by atoms with Crippen LogP contribution in [0.4, 0.5) is 0 Å². The third kappa shape index (κ3) is 4.25. The second kappa shape index (κ2) is 7.89. The van der Waals surface area contributed by atoms with Crippen molar-refractivity contribution >= 4 is 5.97 Å². The van der Waals surface area contributed by atoms with Crippen molar-refractivity contribution in [2.24, 2.45) is 0 Å². The zero-order valence-corrected chi connectivity index (χ0v) is 16.8. The van der Waals surface area contributed by atoms with Crippen LogP contribution < -0.4 is 0 Å². The molecule has 0 heterocycles. The predicted molar refractivity (Wildman–Crippen MR) is 113 cm³/mol. The second-order valence-corrected chi connectivity index (χ2v) is 7.67. The average Bonchev–Trinajstić information content (AvgIpc) is 2.63. The van der Waals surface area contributed by atoms with Gasteiger partial charge < -0.3 is 10.2 Å². The van der Waals surface area contributed by atoms with E-state index in [1.807, 2.05) is 26.8 Å². The van der Waals surface area contributed by atoms with E-state index in [-0.39, 0.29) is 11.3 Å². The Morgan fingerprint density at radius 2 is 1.29 bits per heavy atom. The zero-order chi connectivity index (χ0) is 20.4. The van der Waals surface area contributed by atoms with E-state index in [0.717, 1.165) is 22.3 Å². The van der Waals surface area contributed by atoms with Gasteiger partial charge in [0.05, 0.1) is 0 Å². The van der Waals surface area contributed by atoms with Crippen LogP contribution >= 0.6 is 0 Å². The second-order valence-electron chi connectivity index (χ2n) is 7.67. The topological polar surface area (TPSA) is 57.5 Å². The summed E-state index contributed by atoms with van der Waals surface area (Å²) in [6.07, 6.45) is 1.13.